The van der Waals surface area contributed by atoms with E-state index < -0.39 is 0 Å². The first-order valence-corrected chi connectivity index (χ1v) is 10.6. The Balaban J connectivity index is 2.04. The van der Waals surface area contributed by atoms with Gasteiger partial charge in [0.2, 0.25) is 0 Å². The van der Waals surface area contributed by atoms with Gasteiger partial charge in [-0.3, -0.25) is 0 Å². The molecule has 0 unspecified atom stereocenters. The van der Waals surface area contributed by atoms with Gasteiger partial charge in [0.05, 0.1) is 6.61 Å². The third kappa shape index (κ3) is 18.3. The molecule has 5 N–H and O–H groups in total. The zero-order chi connectivity index (χ0) is 18.4. The van der Waals surface area contributed by atoms with Gasteiger partial charge < -0.3 is 31.3 Å². The predicted molar refractivity (Wildman–Crippen MR) is 112 cm³/mol. The smallest absolute Gasteiger partial charge is 0.0590 e. The standard InChI is InChI=1S/C20H42N5O/c1-2-5-9-21-12-15-24-16-13-22-10-6-4-7-11-23-14-17-25-18-20-26-19-8-3-1/h2-3,5,21-25H,1,4,6-20H2. The Labute approximate surface area is 161 Å². The van der Waals surface area contributed by atoms with Gasteiger partial charge >= 0.3 is 0 Å². The van der Waals surface area contributed by atoms with E-state index in [1.807, 2.05) is 0 Å². The molecule has 0 saturated heterocycles. The highest BCUT2D eigenvalue weighted by atomic mass is 16.5. The van der Waals surface area contributed by atoms with Crippen LogP contribution in [-0.2, 0) is 4.74 Å². The number of rotatable bonds is 0. The molecule has 6 nitrogen and oxygen atoms in total. The summed E-state index contributed by atoms with van der Waals surface area (Å²) in [5, 5.41) is 17.3. The van der Waals surface area contributed by atoms with Gasteiger partial charge in [0.1, 0.15) is 0 Å². The Morgan fingerprint density at radius 1 is 0.538 bits per heavy atom. The minimum absolute atomic E-state index is 0.800. The molecule has 0 aliphatic carbocycles. The lowest BCUT2D eigenvalue weighted by Crippen LogP contribution is -2.33. The van der Waals surface area contributed by atoms with Crippen molar-refractivity contribution < 1.29 is 4.74 Å². The summed E-state index contributed by atoms with van der Waals surface area (Å²) in [6.45, 7) is 12.0. The van der Waals surface area contributed by atoms with E-state index in [0.717, 1.165) is 91.5 Å². The summed E-state index contributed by atoms with van der Waals surface area (Å²) < 4.78 is 5.63. The molecule has 0 atom stereocenters. The first kappa shape index (κ1) is 23.5. The summed E-state index contributed by atoms with van der Waals surface area (Å²) in [4.78, 5) is 0. The normalized spacial score (nSPS) is 23.4. The molecule has 0 aromatic heterocycles. The fraction of sp³-hybridized carbons (Fsp3) is 0.850. The van der Waals surface area contributed by atoms with Gasteiger partial charge in [-0.25, -0.2) is 0 Å². The second-order valence-electron chi connectivity index (χ2n) is 6.66. The molecule has 26 heavy (non-hydrogen) atoms. The molecule has 0 fully saturated rings. The van der Waals surface area contributed by atoms with Crippen LogP contribution in [0.3, 0.4) is 0 Å². The lowest BCUT2D eigenvalue weighted by Gasteiger charge is -2.08. The van der Waals surface area contributed by atoms with Crippen molar-refractivity contribution in [2.75, 3.05) is 78.7 Å². The van der Waals surface area contributed by atoms with Crippen molar-refractivity contribution in [2.45, 2.75) is 32.1 Å². The molecule has 0 saturated carbocycles. The van der Waals surface area contributed by atoms with Crippen molar-refractivity contribution in [3.63, 3.8) is 0 Å². The first-order chi connectivity index (χ1) is 13.0. The van der Waals surface area contributed by atoms with Crippen molar-refractivity contribution in [1.82, 2.24) is 26.6 Å². The van der Waals surface area contributed by atoms with E-state index >= 15 is 0 Å². The summed E-state index contributed by atoms with van der Waals surface area (Å²) in [6, 6.07) is 0. The van der Waals surface area contributed by atoms with Crippen molar-refractivity contribution in [3.8, 4) is 0 Å². The Morgan fingerprint density at radius 2 is 1.15 bits per heavy atom. The van der Waals surface area contributed by atoms with Crippen LogP contribution in [0.4, 0.5) is 0 Å². The van der Waals surface area contributed by atoms with Crippen LogP contribution in [0.15, 0.2) is 12.2 Å². The number of nitrogens with one attached hydrogen (secondary N) is 5. The van der Waals surface area contributed by atoms with Crippen LogP contribution >= 0.6 is 0 Å². The molecular weight excluding hydrogens is 326 g/mol. The van der Waals surface area contributed by atoms with Crippen LogP contribution in [0.2, 0.25) is 0 Å². The molecule has 0 amide bonds. The van der Waals surface area contributed by atoms with Crippen LogP contribution < -0.4 is 26.6 Å². The van der Waals surface area contributed by atoms with E-state index in [1.54, 1.807) is 0 Å². The second-order valence-corrected chi connectivity index (χ2v) is 6.66. The summed E-state index contributed by atoms with van der Waals surface area (Å²) >= 11 is 0. The molecule has 1 aliphatic heterocycles. The highest BCUT2D eigenvalue weighted by Crippen LogP contribution is 1.95. The maximum absolute atomic E-state index is 5.63. The molecule has 0 spiro atoms. The summed E-state index contributed by atoms with van der Waals surface area (Å²) in [7, 11) is 0. The SMILES string of the molecule is [CH]1CC=CCNCCNCCNCCCCCNCCNCCOCC1. The summed E-state index contributed by atoms with van der Waals surface area (Å²) in [5.74, 6) is 0. The van der Waals surface area contributed by atoms with Crippen molar-refractivity contribution in [3.05, 3.63) is 18.6 Å². The molecule has 6 heteroatoms. The van der Waals surface area contributed by atoms with Gasteiger partial charge in [0, 0.05) is 59.0 Å². The molecule has 153 valence electrons. The highest BCUT2D eigenvalue weighted by Gasteiger charge is 1.93. The van der Waals surface area contributed by atoms with Gasteiger partial charge in [-0.1, -0.05) is 18.6 Å². The number of hydrogen-bond acceptors (Lipinski definition) is 6. The molecular formula is C20H42N5O. The monoisotopic (exact) mass is 368 g/mol. The van der Waals surface area contributed by atoms with Gasteiger partial charge in [0.25, 0.3) is 0 Å². The summed E-state index contributed by atoms with van der Waals surface area (Å²) in [6.07, 6.45) is 12.6. The fourth-order valence-electron chi connectivity index (χ4n) is 2.70. The third-order valence-electron chi connectivity index (χ3n) is 4.26. The predicted octanol–water partition coefficient (Wildman–Crippen LogP) is 0.676. The Morgan fingerprint density at radius 3 is 1.88 bits per heavy atom. The summed E-state index contributed by atoms with van der Waals surface area (Å²) in [5.41, 5.74) is 0. The molecule has 1 radical (unpaired) electrons. The van der Waals surface area contributed by atoms with E-state index in [2.05, 4.69) is 45.2 Å². The van der Waals surface area contributed by atoms with Crippen molar-refractivity contribution in [2.24, 2.45) is 0 Å². The molecule has 0 bridgehead atoms. The van der Waals surface area contributed by atoms with Crippen LogP contribution in [-0.4, -0.2) is 78.7 Å². The minimum Gasteiger partial charge on any atom is -0.380 e. The van der Waals surface area contributed by atoms with Crippen LogP contribution in [0.1, 0.15) is 32.1 Å². The van der Waals surface area contributed by atoms with Gasteiger partial charge in [-0.05, 0) is 45.2 Å². The van der Waals surface area contributed by atoms with Gasteiger partial charge in [-0.15, -0.1) is 0 Å². The molecule has 1 rings (SSSR count). The van der Waals surface area contributed by atoms with Crippen LogP contribution in [0.5, 0.6) is 0 Å². The van der Waals surface area contributed by atoms with Gasteiger partial charge in [0.15, 0.2) is 0 Å². The van der Waals surface area contributed by atoms with E-state index in [9.17, 15) is 0 Å². The zero-order valence-electron chi connectivity index (χ0n) is 16.7. The zero-order valence-corrected chi connectivity index (χ0v) is 16.7. The Kier molecular flexibility index (Phi) is 18.8. The number of hydrogen-bond donors (Lipinski definition) is 5. The van der Waals surface area contributed by atoms with E-state index in [4.69, 9.17) is 4.74 Å². The average molecular weight is 369 g/mol. The molecule has 0 aromatic rings. The number of ether oxygens (including phenoxy) is 1. The average Bonchev–Trinajstić information content (AvgIpc) is 2.65. The highest BCUT2D eigenvalue weighted by molar-refractivity contribution is 4.88. The van der Waals surface area contributed by atoms with Crippen molar-refractivity contribution in [1.29, 1.82) is 0 Å². The van der Waals surface area contributed by atoms with E-state index in [1.165, 1.54) is 19.3 Å². The lowest BCUT2D eigenvalue weighted by molar-refractivity contribution is 0.138. The van der Waals surface area contributed by atoms with Crippen LogP contribution in [0, 0.1) is 6.42 Å². The Bertz CT molecular complexity index is 274. The second kappa shape index (κ2) is 20.8. The maximum Gasteiger partial charge on any atom is 0.0590 e. The molecule has 1 heterocycles. The van der Waals surface area contributed by atoms with Crippen molar-refractivity contribution >= 4 is 0 Å². The van der Waals surface area contributed by atoms with Gasteiger partial charge in [-0.2, -0.15) is 0 Å². The number of allylic oxidation sites excluding steroid dienone is 1. The van der Waals surface area contributed by atoms with E-state index in [0.29, 0.717) is 0 Å². The lowest BCUT2D eigenvalue weighted by atomic mass is 10.2. The quantitative estimate of drug-likeness (QED) is 0.405. The van der Waals surface area contributed by atoms with Crippen LogP contribution in [0.25, 0.3) is 0 Å². The first-order valence-electron chi connectivity index (χ1n) is 10.6. The molecule has 0 aromatic carbocycles. The maximum atomic E-state index is 5.63. The fourth-order valence-corrected chi connectivity index (χ4v) is 2.70. The van der Waals surface area contributed by atoms with E-state index in [-0.39, 0.29) is 0 Å². The molecule has 1 aliphatic rings. The third-order valence-corrected chi connectivity index (χ3v) is 4.26. The Hall–Kier alpha value is -0.500. The minimum atomic E-state index is 0.800. The largest absolute Gasteiger partial charge is 0.380 e. The topological polar surface area (TPSA) is 69.4 Å².